The van der Waals surface area contributed by atoms with E-state index in [9.17, 15) is 9.59 Å². The molecule has 2 aromatic rings. The average molecular weight is 354 g/mol. The van der Waals surface area contributed by atoms with Crippen LogP contribution in [0, 0.1) is 0 Å². The summed E-state index contributed by atoms with van der Waals surface area (Å²) in [7, 11) is 1.51. The summed E-state index contributed by atoms with van der Waals surface area (Å²) in [4.78, 5) is 24.1. The second kappa shape index (κ2) is 9.88. The number of methoxy groups -OCH3 is 1. The smallest absolute Gasteiger partial charge is 0.251 e. The summed E-state index contributed by atoms with van der Waals surface area (Å²) in [6.45, 7) is 4.59. The van der Waals surface area contributed by atoms with Crippen LogP contribution in [-0.2, 0) is 0 Å². The van der Waals surface area contributed by atoms with Crippen molar-refractivity contribution in [2.45, 2.75) is 0 Å². The van der Waals surface area contributed by atoms with Gasteiger partial charge in [0, 0.05) is 24.2 Å². The number of rotatable bonds is 9. The molecule has 0 radical (unpaired) electrons. The van der Waals surface area contributed by atoms with Gasteiger partial charge in [-0.2, -0.15) is 0 Å². The van der Waals surface area contributed by atoms with Gasteiger partial charge in [-0.15, -0.1) is 0 Å². The highest BCUT2D eigenvalue weighted by molar-refractivity contribution is 5.95. The molecule has 26 heavy (non-hydrogen) atoms. The molecule has 0 spiro atoms. The van der Waals surface area contributed by atoms with E-state index in [1.54, 1.807) is 48.5 Å². The monoisotopic (exact) mass is 354 g/mol. The molecule has 0 saturated carbocycles. The van der Waals surface area contributed by atoms with Crippen molar-refractivity contribution in [2.75, 3.05) is 26.8 Å². The molecule has 0 aliphatic rings. The summed E-state index contributed by atoms with van der Waals surface area (Å²) in [6, 6.07) is 13.8. The van der Waals surface area contributed by atoms with Crippen LogP contribution in [0.1, 0.15) is 20.7 Å². The third-order valence-corrected chi connectivity index (χ3v) is 3.51. The molecule has 136 valence electrons. The van der Waals surface area contributed by atoms with Crippen molar-refractivity contribution < 1.29 is 19.1 Å². The van der Waals surface area contributed by atoms with Crippen molar-refractivity contribution in [3.05, 3.63) is 72.3 Å². The summed E-state index contributed by atoms with van der Waals surface area (Å²) in [5.74, 6) is 0.578. The molecule has 0 atom stereocenters. The maximum Gasteiger partial charge on any atom is 0.251 e. The Morgan fingerprint density at radius 1 is 0.962 bits per heavy atom. The van der Waals surface area contributed by atoms with E-state index in [1.165, 1.54) is 7.11 Å². The predicted octanol–water partition coefficient (Wildman–Crippen LogP) is 2.42. The summed E-state index contributed by atoms with van der Waals surface area (Å²) in [5, 5.41) is 5.51. The molecule has 6 heteroatoms. The van der Waals surface area contributed by atoms with Crippen molar-refractivity contribution >= 4 is 11.8 Å². The Hall–Kier alpha value is -3.28. The predicted molar refractivity (Wildman–Crippen MR) is 99.8 cm³/mol. The highest BCUT2D eigenvalue weighted by atomic mass is 16.5. The lowest BCUT2D eigenvalue weighted by atomic mass is 10.2. The Balaban J connectivity index is 1.84. The molecule has 0 bridgehead atoms. The van der Waals surface area contributed by atoms with Gasteiger partial charge in [-0.25, -0.2) is 0 Å². The third-order valence-electron chi connectivity index (χ3n) is 3.51. The minimum atomic E-state index is -0.257. The Kier molecular flexibility index (Phi) is 7.24. The molecule has 0 heterocycles. The van der Waals surface area contributed by atoms with Gasteiger partial charge in [0.25, 0.3) is 11.8 Å². The molecule has 0 fully saturated rings. The van der Waals surface area contributed by atoms with Crippen LogP contribution in [-0.4, -0.2) is 38.6 Å². The van der Waals surface area contributed by atoms with Crippen LogP contribution in [0.15, 0.2) is 61.2 Å². The van der Waals surface area contributed by atoms with E-state index < -0.39 is 0 Å². The van der Waals surface area contributed by atoms with Gasteiger partial charge in [0.15, 0.2) is 11.5 Å². The topological polar surface area (TPSA) is 76.7 Å². The summed E-state index contributed by atoms with van der Waals surface area (Å²) < 4.78 is 10.7. The van der Waals surface area contributed by atoms with Gasteiger partial charge >= 0.3 is 0 Å². The lowest BCUT2D eigenvalue weighted by Crippen LogP contribution is -2.34. The molecule has 2 amide bonds. The standard InChI is InChI=1S/C20H22N2O4/c1-3-13-26-17-10-9-16(14-18(17)25-2)20(24)22-12-11-21-19(23)15-7-5-4-6-8-15/h3-10,14H,1,11-13H2,2H3,(H,21,23)(H,22,24). The molecule has 0 aliphatic heterocycles. The van der Waals surface area contributed by atoms with Crippen molar-refractivity contribution in [1.82, 2.24) is 10.6 Å². The molecule has 2 N–H and O–H groups in total. The molecular weight excluding hydrogens is 332 g/mol. The maximum atomic E-state index is 12.2. The van der Waals surface area contributed by atoms with E-state index in [4.69, 9.17) is 9.47 Å². The van der Waals surface area contributed by atoms with Crippen LogP contribution in [0.4, 0.5) is 0 Å². The first kappa shape index (κ1) is 19.1. The maximum absolute atomic E-state index is 12.2. The minimum Gasteiger partial charge on any atom is -0.493 e. The fourth-order valence-electron chi connectivity index (χ4n) is 2.22. The van der Waals surface area contributed by atoms with Crippen molar-refractivity contribution in [1.29, 1.82) is 0 Å². The van der Waals surface area contributed by atoms with E-state index in [1.807, 2.05) is 6.07 Å². The molecule has 6 nitrogen and oxygen atoms in total. The zero-order valence-corrected chi connectivity index (χ0v) is 14.7. The zero-order valence-electron chi connectivity index (χ0n) is 14.7. The molecule has 0 aromatic heterocycles. The summed E-state index contributed by atoms with van der Waals surface area (Å²) in [6.07, 6.45) is 1.63. The fraction of sp³-hybridized carbons (Fsp3) is 0.200. The van der Waals surface area contributed by atoms with Gasteiger partial charge in [0.05, 0.1) is 7.11 Å². The van der Waals surface area contributed by atoms with E-state index in [2.05, 4.69) is 17.2 Å². The lowest BCUT2D eigenvalue weighted by molar-refractivity contribution is 0.0927. The summed E-state index contributed by atoms with van der Waals surface area (Å²) in [5.41, 5.74) is 1.03. The number of carbonyl (C=O) groups is 2. The number of amides is 2. The Morgan fingerprint density at radius 2 is 1.62 bits per heavy atom. The molecule has 0 aliphatic carbocycles. The number of carbonyl (C=O) groups excluding carboxylic acids is 2. The second-order valence-electron chi connectivity index (χ2n) is 5.34. The largest absolute Gasteiger partial charge is 0.493 e. The quantitative estimate of drug-likeness (QED) is 0.536. The highest BCUT2D eigenvalue weighted by Crippen LogP contribution is 2.28. The van der Waals surface area contributed by atoms with Crippen LogP contribution in [0.25, 0.3) is 0 Å². The van der Waals surface area contributed by atoms with Crippen LogP contribution in [0.5, 0.6) is 11.5 Å². The van der Waals surface area contributed by atoms with Gasteiger partial charge in [0.2, 0.25) is 0 Å². The van der Waals surface area contributed by atoms with E-state index >= 15 is 0 Å². The van der Waals surface area contributed by atoms with E-state index in [0.717, 1.165) is 0 Å². The molecule has 2 rings (SSSR count). The average Bonchev–Trinajstić information content (AvgIpc) is 2.69. The number of benzene rings is 2. The van der Waals surface area contributed by atoms with Crippen molar-refractivity contribution in [3.8, 4) is 11.5 Å². The van der Waals surface area contributed by atoms with E-state index in [-0.39, 0.29) is 11.8 Å². The van der Waals surface area contributed by atoms with Gasteiger partial charge in [-0.05, 0) is 30.3 Å². The van der Waals surface area contributed by atoms with Crippen LogP contribution >= 0.6 is 0 Å². The molecule has 2 aromatic carbocycles. The highest BCUT2D eigenvalue weighted by Gasteiger charge is 2.11. The fourth-order valence-corrected chi connectivity index (χ4v) is 2.22. The zero-order chi connectivity index (χ0) is 18.8. The summed E-state index contributed by atoms with van der Waals surface area (Å²) >= 11 is 0. The number of hydrogen-bond donors (Lipinski definition) is 2. The number of hydrogen-bond acceptors (Lipinski definition) is 4. The van der Waals surface area contributed by atoms with Crippen LogP contribution in [0.3, 0.4) is 0 Å². The van der Waals surface area contributed by atoms with Gasteiger partial charge in [-0.3, -0.25) is 9.59 Å². The SMILES string of the molecule is C=CCOc1ccc(C(=O)NCCNC(=O)c2ccccc2)cc1OC. The molecule has 0 unspecified atom stereocenters. The van der Waals surface area contributed by atoms with Gasteiger partial charge < -0.3 is 20.1 Å². The Labute approximate surface area is 152 Å². The van der Waals surface area contributed by atoms with E-state index in [0.29, 0.717) is 42.3 Å². The molecule has 0 saturated heterocycles. The third kappa shape index (κ3) is 5.37. The Morgan fingerprint density at radius 3 is 2.23 bits per heavy atom. The van der Waals surface area contributed by atoms with Gasteiger partial charge in [-0.1, -0.05) is 30.9 Å². The van der Waals surface area contributed by atoms with Crippen molar-refractivity contribution in [2.24, 2.45) is 0 Å². The van der Waals surface area contributed by atoms with Crippen LogP contribution in [0.2, 0.25) is 0 Å². The second-order valence-corrected chi connectivity index (χ2v) is 5.34. The first-order chi connectivity index (χ1) is 12.7. The minimum absolute atomic E-state index is 0.176. The number of ether oxygens (including phenoxy) is 2. The van der Waals surface area contributed by atoms with Crippen LogP contribution < -0.4 is 20.1 Å². The van der Waals surface area contributed by atoms with Crippen molar-refractivity contribution in [3.63, 3.8) is 0 Å². The first-order valence-corrected chi connectivity index (χ1v) is 8.19. The lowest BCUT2D eigenvalue weighted by Gasteiger charge is -2.11. The number of nitrogens with one attached hydrogen (secondary N) is 2. The Bertz CT molecular complexity index is 760. The first-order valence-electron chi connectivity index (χ1n) is 8.19. The normalized spacial score (nSPS) is 9.88. The molecular formula is C20H22N2O4. The van der Waals surface area contributed by atoms with Gasteiger partial charge in [0.1, 0.15) is 6.61 Å².